The van der Waals surface area contributed by atoms with Gasteiger partial charge in [-0.25, -0.2) is 0 Å². The fourth-order valence-electron chi connectivity index (χ4n) is 2.34. The smallest absolute Gasteiger partial charge is 0.123 e. The Labute approximate surface area is 124 Å². The Balaban J connectivity index is 3.38. The average Bonchev–Trinajstić information content (AvgIpc) is 2.24. The zero-order chi connectivity index (χ0) is 15.7. The fraction of sp³-hybridized carbons (Fsp3) is 0.579. The van der Waals surface area contributed by atoms with Gasteiger partial charge in [-0.15, -0.1) is 6.58 Å². The molecular formula is C19H30O. The molecule has 112 valence electrons. The SMILES string of the molecule is C=C(C)CCc1cc(C(C)(C)C)c(O)c(C(C)(C)C)c1. The number of aromatic hydroxyl groups is 1. The number of allylic oxidation sites excluding steroid dienone is 1. The molecule has 0 atom stereocenters. The molecule has 0 amide bonds. The molecule has 0 heterocycles. The molecule has 1 heteroatoms. The maximum Gasteiger partial charge on any atom is 0.123 e. The van der Waals surface area contributed by atoms with Gasteiger partial charge in [0.05, 0.1) is 0 Å². The molecule has 1 aromatic rings. The number of hydrogen-bond acceptors (Lipinski definition) is 1. The number of phenols is 1. The van der Waals surface area contributed by atoms with Gasteiger partial charge in [-0.05, 0) is 47.3 Å². The number of aryl methyl sites for hydroxylation is 1. The first kappa shape index (κ1) is 16.8. The summed E-state index contributed by atoms with van der Waals surface area (Å²) in [7, 11) is 0. The van der Waals surface area contributed by atoms with Gasteiger partial charge in [-0.2, -0.15) is 0 Å². The second-order valence-corrected chi connectivity index (χ2v) is 8.00. The predicted molar refractivity (Wildman–Crippen MR) is 88.6 cm³/mol. The Bertz CT molecular complexity index is 460. The van der Waals surface area contributed by atoms with Crippen molar-refractivity contribution in [1.29, 1.82) is 0 Å². The minimum atomic E-state index is -0.0523. The van der Waals surface area contributed by atoms with Crippen LogP contribution in [0, 0.1) is 0 Å². The summed E-state index contributed by atoms with van der Waals surface area (Å²) < 4.78 is 0. The van der Waals surface area contributed by atoms with Crippen LogP contribution in [0.15, 0.2) is 24.3 Å². The Kier molecular flexibility index (Phi) is 4.74. The van der Waals surface area contributed by atoms with Gasteiger partial charge in [0.25, 0.3) is 0 Å². The van der Waals surface area contributed by atoms with E-state index in [1.54, 1.807) is 0 Å². The van der Waals surface area contributed by atoms with E-state index in [0.717, 1.165) is 24.0 Å². The first-order valence-electron chi connectivity index (χ1n) is 7.44. The largest absolute Gasteiger partial charge is 0.507 e. The molecule has 0 radical (unpaired) electrons. The molecular weight excluding hydrogens is 244 g/mol. The van der Waals surface area contributed by atoms with Crippen LogP contribution in [0.25, 0.3) is 0 Å². The third-order valence-corrected chi connectivity index (χ3v) is 3.63. The Morgan fingerprint density at radius 1 is 1.00 bits per heavy atom. The maximum atomic E-state index is 10.6. The molecule has 0 aliphatic rings. The molecule has 0 aromatic heterocycles. The summed E-state index contributed by atoms with van der Waals surface area (Å²) in [4.78, 5) is 0. The van der Waals surface area contributed by atoms with Crippen molar-refractivity contribution in [2.45, 2.75) is 72.1 Å². The van der Waals surface area contributed by atoms with E-state index in [0.29, 0.717) is 5.75 Å². The number of phenolic OH excluding ortho intramolecular Hbond substituents is 1. The van der Waals surface area contributed by atoms with E-state index < -0.39 is 0 Å². The average molecular weight is 274 g/mol. The molecule has 0 saturated carbocycles. The van der Waals surface area contributed by atoms with E-state index in [2.05, 4.69) is 67.2 Å². The highest BCUT2D eigenvalue weighted by molar-refractivity contribution is 5.50. The van der Waals surface area contributed by atoms with E-state index in [4.69, 9.17) is 0 Å². The zero-order valence-electron chi connectivity index (χ0n) is 14.2. The van der Waals surface area contributed by atoms with Gasteiger partial charge in [-0.3, -0.25) is 0 Å². The summed E-state index contributed by atoms with van der Waals surface area (Å²) in [5, 5.41) is 10.6. The molecule has 0 spiro atoms. The first-order valence-corrected chi connectivity index (χ1v) is 7.44. The van der Waals surface area contributed by atoms with Crippen LogP contribution in [0.2, 0.25) is 0 Å². The van der Waals surface area contributed by atoms with Gasteiger partial charge in [0.15, 0.2) is 0 Å². The predicted octanol–water partition coefficient (Wildman–Crippen LogP) is 5.50. The van der Waals surface area contributed by atoms with Crippen LogP contribution in [-0.2, 0) is 17.3 Å². The van der Waals surface area contributed by atoms with Gasteiger partial charge in [0, 0.05) is 0 Å². The molecule has 1 aromatic carbocycles. The maximum absolute atomic E-state index is 10.6. The zero-order valence-corrected chi connectivity index (χ0v) is 14.2. The summed E-state index contributed by atoms with van der Waals surface area (Å²) in [6, 6.07) is 4.32. The van der Waals surface area contributed by atoms with Crippen LogP contribution >= 0.6 is 0 Å². The van der Waals surface area contributed by atoms with Crippen LogP contribution in [0.4, 0.5) is 0 Å². The fourth-order valence-corrected chi connectivity index (χ4v) is 2.34. The summed E-state index contributed by atoms with van der Waals surface area (Å²) in [6.45, 7) is 18.9. The lowest BCUT2D eigenvalue weighted by Gasteiger charge is -2.28. The summed E-state index contributed by atoms with van der Waals surface area (Å²) in [6.07, 6.45) is 1.99. The Hall–Kier alpha value is -1.24. The van der Waals surface area contributed by atoms with Crippen molar-refractivity contribution in [2.75, 3.05) is 0 Å². The minimum Gasteiger partial charge on any atom is -0.507 e. The lowest BCUT2D eigenvalue weighted by molar-refractivity contribution is 0.422. The van der Waals surface area contributed by atoms with Crippen molar-refractivity contribution < 1.29 is 5.11 Å². The van der Waals surface area contributed by atoms with Gasteiger partial charge in [0.2, 0.25) is 0 Å². The van der Waals surface area contributed by atoms with Crippen LogP contribution in [0.1, 0.15) is 71.6 Å². The van der Waals surface area contributed by atoms with E-state index in [9.17, 15) is 5.11 Å². The molecule has 0 aliphatic heterocycles. The van der Waals surface area contributed by atoms with E-state index in [1.165, 1.54) is 11.1 Å². The van der Waals surface area contributed by atoms with E-state index in [1.807, 2.05) is 0 Å². The highest BCUT2D eigenvalue weighted by Crippen LogP contribution is 2.40. The van der Waals surface area contributed by atoms with Crippen molar-refractivity contribution in [3.8, 4) is 5.75 Å². The third-order valence-electron chi connectivity index (χ3n) is 3.63. The standard InChI is InChI=1S/C19H30O/c1-13(2)9-10-14-11-15(18(3,4)5)17(20)16(12-14)19(6,7)8/h11-12,20H,1,9-10H2,2-8H3. The monoisotopic (exact) mass is 274 g/mol. The lowest BCUT2D eigenvalue weighted by atomic mass is 9.78. The lowest BCUT2D eigenvalue weighted by Crippen LogP contribution is -2.18. The van der Waals surface area contributed by atoms with E-state index in [-0.39, 0.29) is 10.8 Å². The van der Waals surface area contributed by atoms with E-state index >= 15 is 0 Å². The highest BCUT2D eigenvalue weighted by Gasteiger charge is 2.26. The summed E-state index contributed by atoms with van der Waals surface area (Å²) in [5.74, 6) is 0.462. The number of benzene rings is 1. The molecule has 0 bridgehead atoms. The van der Waals surface area contributed by atoms with Gasteiger partial charge >= 0.3 is 0 Å². The summed E-state index contributed by atoms with van der Waals surface area (Å²) >= 11 is 0. The third kappa shape index (κ3) is 4.13. The number of rotatable bonds is 3. The van der Waals surface area contributed by atoms with Crippen molar-refractivity contribution in [2.24, 2.45) is 0 Å². The van der Waals surface area contributed by atoms with Gasteiger partial charge < -0.3 is 5.11 Å². The van der Waals surface area contributed by atoms with Gasteiger partial charge in [-0.1, -0.05) is 59.2 Å². The molecule has 0 unspecified atom stereocenters. The second-order valence-electron chi connectivity index (χ2n) is 8.00. The Morgan fingerprint density at radius 2 is 1.40 bits per heavy atom. The van der Waals surface area contributed by atoms with Crippen LogP contribution < -0.4 is 0 Å². The molecule has 0 fully saturated rings. The quantitative estimate of drug-likeness (QED) is 0.722. The molecule has 0 aliphatic carbocycles. The molecule has 20 heavy (non-hydrogen) atoms. The van der Waals surface area contributed by atoms with Crippen LogP contribution in [-0.4, -0.2) is 5.11 Å². The van der Waals surface area contributed by atoms with Crippen molar-refractivity contribution in [1.82, 2.24) is 0 Å². The van der Waals surface area contributed by atoms with Crippen molar-refractivity contribution >= 4 is 0 Å². The van der Waals surface area contributed by atoms with Crippen LogP contribution in [0.5, 0.6) is 5.75 Å². The Morgan fingerprint density at radius 3 is 1.70 bits per heavy atom. The normalized spacial score (nSPS) is 12.6. The van der Waals surface area contributed by atoms with Gasteiger partial charge in [0.1, 0.15) is 5.75 Å². The first-order chi connectivity index (χ1) is 8.93. The minimum absolute atomic E-state index is 0.0523. The topological polar surface area (TPSA) is 20.2 Å². The highest BCUT2D eigenvalue weighted by atomic mass is 16.3. The van der Waals surface area contributed by atoms with Crippen molar-refractivity contribution in [3.05, 3.63) is 41.0 Å². The molecule has 1 nitrogen and oxygen atoms in total. The molecule has 0 saturated heterocycles. The molecule has 1 rings (SSSR count). The van der Waals surface area contributed by atoms with Crippen molar-refractivity contribution in [3.63, 3.8) is 0 Å². The molecule has 1 N–H and O–H groups in total. The summed E-state index contributed by atoms with van der Waals surface area (Å²) in [5.41, 5.74) is 4.48. The second kappa shape index (κ2) is 5.63. The number of hydrogen-bond donors (Lipinski definition) is 1. The van der Waals surface area contributed by atoms with Crippen LogP contribution in [0.3, 0.4) is 0 Å².